The Morgan fingerprint density at radius 2 is 2.25 bits per heavy atom. The molecule has 0 saturated carbocycles. The zero-order valence-corrected chi connectivity index (χ0v) is 10.2. The first-order valence-electron chi connectivity index (χ1n) is 5.66. The highest BCUT2D eigenvalue weighted by atomic mass is 16.5. The lowest BCUT2D eigenvalue weighted by atomic mass is 10.2. The van der Waals surface area contributed by atoms with Crippen molar-refractivity contribution in [3.8, 4) is 5.75 Å². The number of piperazine rings is 1. The Labute approximate surface area is 96.8 Å². The van der Waals surface area contributed by atoms with Gasteiger partial charge in [0.2, 0.25) is 0 Å². The number of pyridine rings is 1. The molecule has 0 spiro atoms. The molecule has 1 aliphatic rings. The highest BCUT2D eigenvalue weighted by Gasteiger charge is 2.22. The molecule has 1 atom stereocenters. The average Bonchev–Trinajstić information content (AvgIpc) is 2.29. The second-order valence-corrected chi connectivity index (χ2v) is 4.36. The van der Waals surface area contributed by atoms with Gasteiger partial charge in [0.25, 0.3) is 0 Å². The van der Waals surface area contributed by atoms with Gasteiger partial charge in [-0.1, -0.05) is 0 Å². The van der Waals surface area contributed by atoms with E-state index in [4.69, 9.17) is 4.74 Å². The molecule has 88 valence electrons. The fraction of sp³-hybridized carbons (Fsp3) is 0.583. The van der Waals surface area contributed by atoms with E-state index in [1.165, 1.54) is 0 Å². The van der Waals surface area contributed by atoms with Crippen LogP contribution in [0.5, 0.6) is 5.75 Å². The van der Waals surface area contributed by atoms with E-state index in [0.29, 0.717) is 6.04 Å². The van der Waals surface area contributed by atoms with E-state index < -0.39 is 0 Å². The molecular formula is C12H19N3O. The maximum atomic E-state index is 5.22. The summed E-state index contributed by atoms with van der Waals surface area (Å²) in [5, 5.41) is 0. The van der Waals surface area contributed by atoms with Crippen molar-refractivity contribution < 1.29 is 4.74 Å². The Balaban J connectivity index is 2.16. The van der Waals surface area contributed by atoms with Gasteiger partial charge >= 0.3 is 0 Å². The van der Waals surface area contributed by atoms with E-state index in [9.17, 15) is 0 Å². The predicted molar refractivity (Wildman–Crippen MR) is 65.1 cm³/mol. The molecule has 1 aliphatic heterocycles. The number of hydrogen-bond acceptors (Lipinski definition) is 4. The van der Waals surface area contributed by atoms with Gasteiger partial charge in [0.05, 0.1) is 7.11 Å². The molecular weight excluding hydrogens is 202 g/mol. The van der Waals surface area contributed by atoms with Crippen LogP contribution >= 0.6 is 0 Å². The van der Waals surface area contributed by atoms with Gasteiger partial charge in [-0.05, 0) is 20.0 Å². The smallest absolute Gasteiger partial charge is 0.132 e. The van der Waals surface area contributed by atoms with Crippen molar-refractivity contribution in [3.05, 3.63) is 18.3 Å². The van der Waals surface area contributed by atoms with Crippen LogP contribution in [0.25, 0.3) is 0 Å². The quantitative estimate of drug-likeness (QED) is 0.751. The number of likely N-dealkylation sites (N-methyl/N-ethyl adjacent to an activating group) is 1. The molecule has 0 aliphatic carbocycles. The predicted octanol–water partition coefficient (Wildman–Crippen LogP) is 1.23. The topological polar surface area (TPSA) is 28.6 Å². The Kier molecular flexibility index (Phi) is 3.29. The molecule has 4 nitrogen and oxygen atoms in total. The number of anilines is 1. The normalized spacial score (nSPS) is 22.2. The first-order valence-corrected chi connectivity index (χ1v) is 5.66. The Morgan fingerprint density at radius 1 is 1.44 bits per heavy atom. The van der Waals surface area contributed by atoms with Crippen LogP contribution in [-0.4, -0.2) is 49.7 Å². The Hall–Kier alpha value is -1.29. The van der Waals surface area contributed by atoms with Crippen molar-refractivity contribution in [2.45, 2.75) is 13.0 Å². The second-order valence-electron chi connectivity index (χ2n) is 4.36. The van der Waals surface area contributed by atoms with Crippen LogP contribution in [0, 0.1) is 0 Å². The summed E-state index contributed by atoms with van der Waals surface area (Å²) in [6.07, 6.45) is 1.80. The lowest BCUT2D eigenvalue weighted by molar-refractivity contribution is 0.274. The van der Waals surface area contributed by atoms with Crippen molar-refractivity contribution in [2.24, 2.45) is 0 Å². The van der Waals surface area contributed by atoms with Crippen LogP contribution in [0.1, 0.15) is 6.92 Å². The average molecular weight is 221 g/mol. The van der Waals surface area contributed by atoms with Crippen molar-refractivity contribution >= 4 is 5.82 Å². The van der Waals surface area contributed by atoms with E-state index in [0.717, 1.165) is 31.2 Å². The summed E-state index contributed by atoms with van der Waals surface area (Å²) in [5.74, 6) is 1.89. The number of hydrogen-bond donors (Lipinski definition) is 0. The number of rotatable bonds is 2. The van der Waals surface area contributed by atoms with Crippen LogP contribution in [0.2, 0.25) is 0 Å². The first-order chi connectivity index (χ1) is 7.70. The fourth-order valence-electron chi connectivity index (χ4n) is 2.16. The number of nitrogens with zero attached hydrogens (tertiary/aromatic N) is 3. The monoisotopic (exact) mass is 221 g/mol. The lowest BCUT2D eigenvalue weighted by Gasteiger charge is -2.39. The van der Waals surface area contributed by atoms with Gasteiger partial charge in [0.15, 0.2) is 0 Å². The standard InChI is InChI=1S/C12H19N3O/c1-10-9-14(2)6-7-15(10)12-8-11(16-3)4-5-13-12/h4-5,8,10H,6-7,9H2,1-3H3. The van der Waals surface area contributed by atoms with E-state index in [-0.39, 0.29) is 0 Å². The fourth-order valence-corrected chi connectivity index (χ4v) is 2.16. The van der Waals surface area contributed by atoms with Crippen molar-refractivity contribution in [1.82, 2.24) is 9.88 Å². The summed E-state index contributed by atoms with van der Waals surface area (Å²) in [6, 6.07) is 4.38. The van der Waals surface area contributed by atoms with Crippen LogP contribution in [-0.2, 0) is 0 Å². The van der Waals surface area contributed by atoms with E-state index in [1.807, 2.05) is 12.1 Å². The zero-order chi connectivity index (χ0) is 11.5. The highest BCUT2D eigenvalue weighted by molar-refractivity contribution is 5.45. The zero-order valence-electron chi connectivity index (χ0n) is 10.2. The van der Waals surface area contributed by atoms with Crippen molar-refractivity contribution in [2.75, 3.05) is 38.7 Å². The summed E-state index contributed by atoms with van der Waals surface area (Å²) in [5.41, 5.74) is 0. The summed E-state index contributed by atoms with van der Waals surface area (Å²) in [4.78, 5) is 9.10. The van der Waals surface area contributed by atoms with Crippen LogP contribution in [0.4, 0.5) is 5.82 Å². The molecule has 4 heteroatoms. The van der Waals surface area contributed by atoms with Gasteiger partial charge in [-0.3, -0.25) is 0 Å². The summed E-state index contributed by atoms with van der Waals surface area (Å²) >= 11 is 0. The lowest BCUT2D eigenvalue weighted by Crippen LogP contribution is -2.50. The minimum absolute atomic E-state index is 0.498. The number of methoxy groups -OCH3 is 1. The molecule has 0 bridgehead atoms. The third-order valence-electron chi connectivity index (χ3n) is 3.08. The number of aromatic nitrogens is 1. The van der Waals surface area contributed by atoms with Crippen molar-refractivity contribution in [1.29, 1.82) is 0 Å². The minimum Gasteiger partial charge on any atom is -0.497 e. The molecule has 0 aromatic carbocycles. The molecule has 1 aromatic rings. The Bertz CT molecular complexity index is 356. The minimum atomic E-state index is 0.498. The molecule has 1 aromatic heterocycles. The van der Waals surface area contributed by atoms with E-state index in [2.05, 4.69) is 28.8 Å². The molecule has 16 heavy (non-hydrogen) atoms. The van der Waals surface area contributed by atoms with Gasteiger partial charge in [0.1, 0.15) is 11.6 Å². The van der Waals surface area contributed by atoms with Gasteiger partial charge in [-0.15, -0.1) is 0 Å². The second kappa shape index (κ2) is 4.70. The molecule has 1 unspecified atom stereocenters. The van der Waals surface area contributed by atoms with Crippen LogP contribution in [0.15, 0.2) is 18.3 Å². The van der Waals surface area contributed by atoms with Gasteiger partial charge in [0, 0.05) is 37.9 Å². The van der Waals surface area contributed by atoms with Gasteiger partial charge in [-0.25, -0.2) is 4.98 Å². The molecule has 0 N–H and O–H groups in total. The third-order valence-corrected chi connectivity index (χ3v) is 3.08. The van der Waals surface area contributed by atoms with Crippen LogP contribution < -0.4 is 9.64 Å². The molecule has 2 rings (SSSR count). The molecule has 1 saturated heterocycles. The maximum Gasteiger partial charge on any atom is 0.132 e. The molecule has 0 amide bonds. The van der Waals surface area contributed by atoms with Gasteiger partial charge in [-0.2, -0.15) is 0 Å². The maximum absolute atomic E-state index is 5.22. The summed E-state index contributed by atoms with van der Waals surface area (Å²) in [7, 11) is 3.85. The third kappa shape index (κ3) is 2.27. The van der Waals surface area contributed by atoms with E-state index in [1.54, 1.807) is 13.3 Å². The number of ether oxygens (including phenoxy) is 1. The van der Waals surface area contributed by atoms with Gasteiger partial charge < -0.3 is 14.5 Å². The Morgan fingerprint density at radius 3 is 2.94 bits per heavy atom. The summed E-state index contributed by atoms with van der Waals surface area (Å²) in [6.45, 7) is 5.43. The molecule has 0 radical (unpaired) electrons. The largest absolute Gasteiger partial charge is 0.497 e. The molecule has 1 fully saturated rings. The first kappa shape index (κ1) is 11.2. The highest BCUT2D eigenvalue weighted by Crippen LogP contribution is 2.21. The van der Waals surface area contributed by atoms with E-state index >= 15 is 0 Å². The summed E-state index contributed by atoms with van der Waals surface area (Å²) < 4.78 is 5.22. The molecule has 2 heterocycles. The van der Waals surface area contributed by atoms with Crippen LogP contribution in [0.3, 0.4) is 0 Å². The van der Waals surface area contributed by atoms with Crippen molar-refractivity contribution in [3.63, 3.8) is 0 Å². The SMILES string of the molecule is COc1ccnc(N2CCN(C)CC2C)c1.